The van der Waals surface area contributed by atoms with E-state index in [2.05, 4.69) is 11.4 Å². The Hall–Kier alpha value is -3.27. The Morgan fingerprint density at radius 2 is 1.74 bits per heavy atom. The van der Waals surface area contributed by atoms with Crippen LogP contribution in [0.2, 0.25) is 0 Å². The minimum Gasteiger partial charge on any atom is -0.385 e. The molecular formula is C28H32FN3O2. The maximum atomic E-state index is 13.4. The molecule has 0 fully saturated rings. The number of hydrogen-bond donors (Lipinski definition) is 2. The lowest BCUT2D eigenvalue weighted by atomic mass is 9.76. The number of hydrogen-bond acceptors (Lipinski definition) is 4. The van der Waals surface area contributed by atoms with E-state index in [9.17, 15) is 19.6 Å². The molecule has 2 atom stereocenters. The third-order valence-electron chi connectivity index (χ3n) is 6.26. The summed E-state index contributed by atoms with van der Waals surface area (Å²) in [4.78, 5) is 11.9. The summed E-state index contributed by atoms with van der Waals surface area (Å²) in [6, 6.07) is 19.7. The van der Waals surface area contributed by atoms with E-state index < -0.39 is 11.0 Å². The lowest BCUT2D eigenvalue weighted by molar-refractivity contribution is -0.00406. The van der Waals surface area contributed by atoms with E-state index in [1.807, 2.05) is 37.3 Å². The van der Waals surface area contributed by atoms with Gasteiger partial charge in [0.25, 0.3) is 5.56 Å². The van der Waals surface area contributed by atoms with Crippen LogP contribution in [0, 0.1) is 22.6 Å². The average molecular weight is 462 g/mol. The smallest absolute Gasteiger partial charge is 0.250 e. The van der Waals surface area contributed by atoms with Crippen molar-refractivity contribution in [2.75, 3.05) is 6.54 Å². The molecule has 178 valence electrons. The summed E-state index contributed by atoms with van der Waals surface area (Å²) in [7, 11) is 1.72. The molecule has 0 spiro atoms. The Morgan fingerprint density at radius 1 is 1.09 bits per heavy atom. The van der Waals surface area contributed by atoms with Crippen molar-refractivity contribution in [1.82, 2.24) is 9.88 Å². The maximum Gasteiger partial charge on any atom is 0.250 e. The molecule has 0 bridgehead atoms. The maximum absolute atomic E-state index is 13.4. The van der Waals surface area contributed by atoms with Crippen molar-refractivity contribution in [1.29, 1.82) is 5.26 Å². The number of aryl methyl sites for hydroxylation is 1. The fourth-order valence-electron chi connectivity index (χ4n) is 4.17. The Balaban J connectivity index is 1.68. The van der Waals surface area contributed by atoms with Gasteiger partial charge < -0.3 is 15.0 Å². The van der Waals surface area contributed by atoms with Crippen molar-refractivity contribution >= 4 is 0 Å². The Morgan fingerprint density at radius 3 is 2.32 bits per heavy atom. The van der Waals surface area contributed by atoms with Gasteiger partial charge in [-0.1, -0.05) is 36.4 Å². The molecule has 34 heavy (non-hydrogen) atoms. The van der Waals surface area contributed by atoms with Gasteiger partial charge in [0.15, 0.2) is 0 Å². The van der Waals surface area contributed by atoms with Crippen molar-refractivity contribution < 1.29 is 9.50 Å². The fraction of sp³-hybridized carbons (Fsp3) is 0.357. The molecule has 0 radical (unpaired) electrons. The third kappa shape index (κ3) is 6.19. The molecule has 2 aromatic carbocycles. The van der Waals surface area contributed by atoms with Crippen molar-refractivity contribution in [2.24, 2.45) is 12.5 Å². The summed E-state index contributed by atoms with van der Waals surface area (Å²) >= 11 is 0. The second kappa shape index (κ2) is 10.3. The number of nitrogens with zero attached hydrogens (tertiary/aromatic N) is 2. The zero-order chi connectivity index (χ0) is 24.9. The third-order valence-corrected chi connectivity index (χ3v) is 6.26. The lowest BCUT2D eigenvalue weighted by Crippen LogP contribution is -2.35. The number of nitriles is 1. The van der Waals surface area contributed by atoms with E-state index in [4.69, 9.17) is 0 Å². The molecule has 3 aromatic rings. The summed E-state index contributed by atoms with van der Waals surface area (Å²) < 4.78 is 15.0. The standard InChI is InChI=1S/C28H32FN3O2/c1-20(21-5-7-22(8-6-21)23-13-16-32(4)26(33)17-23)31-15-14-28(34,18-27(2,3)19-30)24-9-11-25(29)12-10-24/h5-13,16-17,20,31,34H,14-15,18H2,1-4H3/t20-,28-/m0/s1. The first-order chi connectivity index (χ1) is 16.0. The van der Waals surface area contributed by atoms with Crippen molar-refractivity contribution in [3.63, 3.8) is 0 Å². The van der Waals surface area contributed by atoms with Gasteiger partial charge in [-0.05, 0) is 80.6 Å². The molecule has 0 unspecified atom stereocenters. The molecular weight excluding hydrogens is 429 g/mol. The molecule has 0 amide bonds. The van der Waals surface area contributed by atoms with E-state index in [1.165, 1.54) is 16.7 Å². The molecule has 3 rings (SSSR count). The number of pyridine rings is 1. The van der Waals surface area contributed by atoms with Gasteiger partial charge in [-0.15, -0.1) is 0 Å². The number of rotatable bonds is 9. The largest absolute Gasteiger partial charge is 0.385 e. The average Bonchev–Trinajstić information content (AvgIpc) is 2.81. The van der Waals surface area contributed by atoms with Crippen LogP contribution in [0.25, 0.3) is 11.1 Å². The molecule has 2 N–H and O–H groups in total. The Labute approximate surface area is 200 Å². The van der Waals surface area contributed by atoms with E-state index in [0.717, 1.165) is 16.7 Å². The first-order valence-electron chi connectivity index (χ1n) is 11.4. The molecule has 1 heterocycles. The van der Waals surface area contributed by atoms with Gasteiger partial charge in [0.2, 0.25) is 0 Å². The molecule has 0 saturated carbocycles. The molecule has 6 heteroatoms. The molecule has 0 aliphatic heterocycles. The predicted octanol–water partition coefficient (Wildman–Crippen LogP) is 5.06. The number of aliphatic hydroxyl groups is 1. The summed E-state index contributed by atoms with van der Waals surface area (Å²) in [6.45, 7) is 6.14. The number of halogens is 1. The van der Waals surface area contributed by atoms with Crippen LogP contribution >= 0.6 is 0 Å². The molecule has 0 aliphatic carbocycles. The van der Waals surface area contributed by atoms with Gasteiger partial charge >= 0.3 is 0 Å². The summed E-state index contributed by atoms with van der Waals surface area (Å²) in [5.41, 5.74) is 1.48. The second-order valence-electron chi connectivity index (χ2n) is 9.62. The second-order valence-corrected chi connectivity index (χ2v) is 9.62. The SMILES string of the molecule is C[C@H](NCC[C@](O)(CC(C)(C)C#N)c1ccc(F)cc1)c1ccc(-c2ccn(C)c(=O)c2)cc1. The topological polar surface area (TPSA) is 78.0 Å². The van der Waals surface area contributed by atoms with E-state index in [1.54, 1.807) is 45.3 Å². The number of aromatic nitrogens is 1. The van der Waals surface area contributed by atoms with Gasteiger partial charge in [0, 0.05) is 25.4 Å². The minimum absolute atomic E-state index is 0.0270. The summed E-state index contributed by atoms with van der Waals surface area (Å²) in [5.74, 6) is -0.364. The highest BCUT2D eigenvalue weighted by molar-refractivity contribution is 5.63. The Kier molecular flexibility index (Phi) is 7.71. The van der Waals surface area contributed by atoms with Crippen LogP contribution in [-0.2, 0) is 12.6 Å². The van der Waals surface area contributed by atoms with Crippen LogP contribution in [0.5, 0.6) is 0 Å². The first-order valence-corrected chi connectivity index (χ1v) is 11.4. The van der Waals surface area contributed by atoms with Gasteiger partial charge in [0.05, 0.1) is 17.1 Å². The summed E-state index contributed by atoms with van der Waals surface area (Å²) in [6.07, 6.45) is 2.37. The minimum atomic E-state index is -1.26. The van der Waals surface area contributed by atoms with Crippen LogP contribution in [-0.4, -0.2) is 16.2 Å². The highest BCUT2D eigenvalue weighted by Crippen LogP contribution is 2.37. The van der Waals surface area contributed by atoms with Crippen LogP contribution in [0.3, 0.4) is 0 Å². The monoisotopic (exact) mass is 461 g/mol. The quantitative estimate of drug-likeness (QED) is 0.467. The van der Waals surface area contributed by atoms with Crippen LogP contribution in [0.4, 0.5) is 4.39 Å². The van der Waals surface area contributed by atoms with Crippen molar-refractivity contribution in [3.05, 3.63) is 94.2 Å². The van der Waals surface area contributed by atoms with E-state index in [0.29, 0.717) is 18.5 Å². The van der Waals surface area contributed by atoms with Gasteiger partial charge in [-0.2, -0.15) is 5.26 Å². The molecule has 0 saturated heterocycles. The zero-order valence-electron chi connectivity index (χ0n) is 20.2. The highest BCUT2D eigenvalue weighted by Gasteiger charge is 2.36. The highest BCUT2D eigenvalue weighted by atomic mass is 19.1. The zero-order valence-corrected chi connectivity index (χ0v) is 20.2. The van der Waals surface area contributed by atoms with Crippen molar-refractivity contribution in [3.8, 4) is 17.2 Å². The van der Waals surface area contributed by atoms with Crippen LogP contribution < -0.4 is 10.9 Å². The van der Waals surface area contributed by atoms with Gasteiger partial charge in [0.1, 0.15) is 5.82 Å². The van der Waals surface area contributed by atoms with Crippen molar-refractivity contribution in [2.45, 2.75) is 45.3 Å². The number of nitrogens with one attached hydrogen (secondary N) is 1. The first kappa shape index (κ1) is 25.4. The van der Waals surface area contributed by atoms with Crippen LogP contribution in [0.15, 0.2) is 71.7 Å². The van der Waals surface area contributed by atoms with Gasteiger partial charge in [-0.25, -0.2) is 4.39 Å². The van der Waals surface area contributed by atoms with Gasteiger partial charge in [-0.3, -0.25) is 4.79 Å². The normalized spacial score (nSPS) is 14.3. The molecule has 5 nitrogen and oxygen atoms in total. The predicted molar refractivity (Wildman–Crippen MR) is 132 cm³/mol. The van der Waals surface area contributed by atoms with Crippen LogP contribution in [0.1, 0.15) is 50.8 Å². The summed E-state index contributed by atoms with van der Waals surface area (Å²) in [5, 5.41) is 24.4. The number of benzene rings is 2. The molecule has 1 aromatic heterocycles. The lowest BCUT2D eigenvalue weighted by Gasteiger charge is -2.34. The Bertz CT molecular complexity index is 1210. The van der Waals surface area contributed by atoms with E-state index >= 15 is 0 Å². The van der Waals surface area contributed by atoms with E-state index in [-0.39, 0.29) is 23.8 Å². The molecule has 0 aliphatic rings. The fourth-order valence-corrected chi connectivity index (χ4v) is 4.17.